The zero-order chi connectivity index (χ0) is 17.6. The molecule has 2 unspecified atom stereocenters. The highest BCUT2D eigenvalue weighted by Gasteiger charge is 2.53. The lowest BCUT2D eigenvalue weighted by atomic mass is 9.54. The second kappa shape index (κ2) is 5.90. The molecule has 1 saturated carbocycles. The van der Waals surface area contributed by atoms with Gasteiger partial charge in [0.1, 0.15) is 0 Å². The van der Waals surface area contributed by atoms with E-state index < -0.39 is 17.5 Å². The summed E-state index contributed by atoms with van der Waals surface area (Å²) in [6.45, 7) is 11.8. The average Bonchev–Trinajstić information content (AvgIpc) is 2.47. The van der Waals surface area contributed by atoms with Crippen molar-refractivity contribution in [3.05, 3.63) is 23.8 Å². The van der Waals surface area contributed by atoms with E-state index in [0.29, 0.717) is 18.3 Å². The number of fused-ring (bicyclic) bond motifs is 1. The summed E-state index contributed by atoms with van der Waals surface area (Å²) in [5.74, 6) is -0.933. The van der Waals surface area contributed by atoms with Gasteiger partial charge in [0.2, 0.25) is 0 Å². The minimum atomic E-state index is -1.79. The van der Waals surface area contributed by atoms with Crippen molar-refractivity contribution in [3.63, 3.8) is 0 Å². The zero-order valence-electron chi connectivity index (χ0n) is 14.8. The second-order valence-electron chi connectivity index (χ2n) is 7.77. The third kappa shape index (κ3) is 2.89. The SMILES string of the molecule is C=C(C)[C@@H]1CC2=CC(=O)C(C(C)(O)C(=O)OC)C[C@]2(C)[C@@H](C)C1. The first-order chi connectivity index (χ1) is 10.5. The largest absolute Gasteiger partial charge is 0.467 e. The minimum Gasteiger partial charge on any atom is -0.467 e. The van der Waals surface area contributed by atoms with Gasteiger partial charge in [-0.15, -0.1) is 0 Å². The van der Waals surface area contributed by atoms with E-state index in [4.69, 9.17) is 0 Å². The Kier molecular flexibility index (Phi) is 4.60. The van der Waals surface area contributed by atoms with Crippen molar-refractivity contribution < 1.29 is 19.4 Å². The van der Waals surface area contributed by atoms with Gasteiger partial charge in [0.15, 0.2) is 11.4 Å². The van der Waals surface area contributed by atoms with E-state index in [2.05, 4.69) is 25.2 Å². The van der Waals surface area contributed by atoms with Gasteiger partial charge in [0.25, 0.3) is 0 Å². The molecule has 23 heavy (non-hydrogen) atoms. The number of ketones is 1. The molecule has 4 heteroatoms. The van der Waals surface area contributed by atoms with Gasteiger partial charge in [0.05, 0.1) is 13.0 Å². The van der Waals surface area contributed by atoms with E-state index in [1.54, 1.807) is 6.08 Å². The van der Waals surface area contributed by atoms with Gasteiger partial charge in [-0.3, -0.25) is 4.79 Å². The van der Waals surface area contributed by atoms with Gasteiger partial charge in [-0.25, -0.2) is 4.79 Å². The van der Waals surface area contributed by atoms with Gasteiger partial charge in [-0.05, 0) is 56.4 Å². The molecular weight excluding hydrogens is 292 g/mol. The van der Waals surface area contributed by atoms with Crippen molar-refractivity contribution in [3.8, 4) is 0 Å². The summed E-state index contributed by atoms with van der Waals surface area (Å²) in [7, 11) is 1.23. The third-order valence-corrected chi connectivity index (χ3v) is 6.19. The molecule has 0 aromatic carbocycles. The number of aliphatic hydroxyl groups is 1. The molecule has 4 nitrogen and oxygen atoms in total. The van der Waals surface area contributed by atoms with Crippen LogP contribution in [-0.2, 0) is 14.3 Å². The molecule has 0 radical (unpaired) electrons. The Hall–Kier alpha value is -1.42. The molecule has 0 aromatic rings. The van der Waals surface area contributed by atoms with Crippen molar-refractivity contribution in [1.29, 1.82) is 0 Å². The van der Waals surface area contributed by atoms with Crippen LogP contribution in [0.4, 0.5) is 0 Å². The molecule has 2 aliphatic carbocycles. The van der Waals surface area contributed by atoms with Crippen LogP contribution >= 0.6 is 0 Å². The van der Waals surface area contributed by atoms with Crippen LogP contribution in [0.25, 0.3) is 0 Å². The summed E-state index contributed by atoms with van der Waals surface area (Å²) >= 11 is 0. The lowest BCUT2D eigenvalue weighted by molar-refractivity contribution is -0.170. The smallest absolute Gasteiger partial charge is 0.338 e. The Balaban J connectivity index is 2.39. The Morgan fingerprint density at radius 1 is 1.52 bits per heavy atom. The second-order valence-corrected chi connectivity index (χ2v) is 7.77. The summed E-state index contributed by atoms with van der Waals surface area (Å²) in [5, 5.41) is 10.6. The highest BCUT2D eigenvalue weighted by Crippen LogP contribution is 2.55. The average molecular weight is 320 g/mol. The number of ether oxygens (including phenoxy) is 1. The van der Waals surface area contributed by atoms with Crippen LogP contribution < -0.4 is 0 Å². The lowest BCUT2D eigenvalue weighted by Crippen LogP contribution is -2.52. The molecule has 2 aliphatic rings. The predicted molar refractivity (Wildman–Crippen MR) is 88.6 cm³/mol. The Morgan fingerprint density at radius 3 is 2.65 bits per heavy atom. The molecule has 0 aliphatic heterocycles. The number of rotatable bonds is 3. The van der Waals surface area contributed by atoms with E-state index in [1.807, 2.05) is 6.92 Å². The lowest BCUT2D eigenvalue weighted by Gasteiger charge is -2.50. The Morgan fingerprint density at radius 2 is 2.13 bits per heavy atom. The number of methoxy groups -OCH3 is 1. The Labute approximate surface area is 138 Å². The number of carbonyl (C=O) groups excluding carboxylic acids is 2. The quantitative estimate of drug-likeness (QED) is 0.641. The molecule has 1 N–H and O–H groups in total. The van der Waals surface area contributed by atoms with Crippen molar-refractivity contribution >= 4 is 11.8 Å². The van der Waals surface area contributed by atoms with Crippen LogP contribution in [0, 0.1) is 23.2 Å². The number of carbonyl (C=O) groups is 2. The predicted octanol–water partition coefficient (Wildman–Crippen LogP) is 3.05. The van der Waals surface area contributed by atoms with Gasteiger partial charge in [-0.2, -0.15) is 0 Å². The maximum atomic E-state index is 12.6. The molecule has 0 amide bonds. The molecule has 0 saturated heterocycles. The van der Waals surface area contributed by atoms with E-state index in [1.165, 1.54) is 14.0 Å². The number of esters is 1. The van der Waals surface area contributed by atoms with Gasteiger partial charge >= 0.3 is 5.97 Å². The summed E-state index contributed by atoms with van der Waals surface area (Å²) in [6, 6.07) is 0. The van der Waals surface area contributed by atoms with Gasteiger partial charge in [0, 0.05) is 0 Å². The van der Waals surface area contributed by atoms with Crippen LogP contribution in [0.1, 0.15) is 47.0 Å². The highest BCUT2D eigenvalue weighted by molar-refractivity contribution is 5.98. The van der Waals surface area contributed by atoms with Crippen LogP contribution in [0.15, 0.2) is 23.8 Å². The van der Waals surface area contributed by atoms with Gasteiger partial charge < -0.3 is 9.84 Å². The van der Waals surface area contributed by atoms with E-state index >= 15 is 0 Å². The topological polar surface area (TPSA) is 63.6 Å². The Bertz CT molecular complexity index is 572. The first kappa shape index (κ1) is 17.9. The molecule has 0 aromatic heterocycles. The summed E-state index contributed by atoms with van der Waals surface area (Å²) < 4.78 is 4.69. The first-order valence-corrected chi connectivity index (χ1v) is 8.25. The van der Waals surface area contributed by atoms with Crippen LogP contribution in [0.3, 0.4) is 0 Å². The van der Waals surface area contributed by atoms with Crippen LogP contribution in [-0.4, -0.2) is 29.6 Å². The van der Waals surface area contributed by atoms with E-state index in [0.717, 1.165) is 24.0 Å². The number of allylic oxidation sites excluding steroid dienone is 3. The third-order valence-electron chi connectivity index (χ3n) is 6.19. The van der Waals surface area contributed by atoms with Crippen LogP contribution in [0.2, 0.25) is 0 Å². The van der Waals surface area contributed by atoms with E-state index in [9.17, 15) is 14.7 Å². The molecule has 0 spiro atoms. The minimum absolute atomic E-state index is 0.178. The maximum Gasteiger partial charge on any atom is 0.338 e. The normalized spacial score (nSPS) is 36.5. The molecule has 2 rings (SSSR count). The molecular formula is C19H28O4. The van der Waals surface area contributed by atoms with Crippen molar-refractivity contribution in [2.45, 2.75) is 52.6 Å². The van der Waals surface area contributed by atoms with Crippen molar-refractivity contribution in [2.75, 3.05) is 7.11 Å². The summed E-state index contributed by atoms with van der Waals surface area (Å²) in [4.78, 5) is 24.5. The fourth-order valence-corrected chi connectivity index (χ4v) is 4.14. The zero-order valence-corrected chi connectivity index (χ0v) is 14.8. The standard InChI is InChI=1S/C19H28O4/c1-11(2)13-7-12(3)18(4)10-15(16(20)9-14(18)8-13)19(5,22)17(21)23-6/h9,12-13,15,22H,1,7-8,10H2,2-6H3/t12-,13-,15?,18+,19?/m0/s1. The number of hydrogen-bond acceptors (Lipinski definition) is 4. The fraction of sp³-hybridized carbons (Fsp3) is 0.684. The van der Waals surface area contributed by atoms with Crippen molar-refractivity contribution in [1.82, 2.24) is 0 Å². The first-order valence-electron chi connectivity index (χ1n) is 8.25. The molecule has 128 valence electrons. The fourth-order valence-electron chi connectivity index (χ4n) is 4.14. The van der Waals surface area contributed by atoms with Gasteiger partial charge in [-0.1, -0.05) is 31.6 Å². The highest BCUT2D eigenvalue weighted by atomic mass is 16.5. The van der Waals surface area contributed by atoms with E-state index in [-0.39, 0.29) is 11.2 Å². The van der Waals surface area contributed by atoms with Crippen LogP contribution in [0.5, 0.6) is 0 Å². The number of hydrogen-bond donors (Lipinski definition) is 1. The maximum absolute atomic E-state index is 12.6. The molecule has 1 fully saturated rings. The molecule has 0 bridgehead atoms. The monoisotopic (exact) mass is 320 g/mol. The summed E-state index contributed by atoms with van der Waals surface area (Å²) in [5.41, 5.74) is 0.312. The molecule has 5 atom stereocenters. The molecule has 0 heterocycles. The van der Waals surface area contributed by atoms with Crippen molar-refractivity contribution in [2.24, 2.45) is 23.2 Å². The summed E-state index contributed by atoms with van der Waals surface area (Å²) in [6.07, 6.45) is 4.00.